The van der Waals surface area contributed by atoms with Gasteiger partial charge < -0.3 is 15.0 Å². The van der Waals surface area contributed by atoms with Gasteiger partial charge in [0.1, 0.15) is 11.8 Å². The minimum Gasteiger partial charge on any atom is -0.483 e. The number of amides is 2. The van der Waals surface area contributed by atoms with Gasteiger partial charge in [-0.1, -0.05) is 60.1 Å². The number of nitrogens with one attached hydrogen (secondary N) is 1. The van der Waals surface area contributed by atoms with Crippen LogP contribution in [0.2, 0.25) is 5.02 Å². The predicted molar refractivity (Wildman–Crippen MR) is 115 cm³/mol. The molecule has 0 heterocycles. The summed E-state index contributed by atoms with van der Waals surface area (Å²) in [6.07, 6.45) is 0. The normalized spacial score (nSPS) is 11.7. The van der Waals surface area contributed by atoms with Gasteiger partial charge in [-0.25, -0.2) is 0 Å². The maximum Gasteiger partial charge on any atom is 0.261 e. The van der Waals surface area contributed by atoms with Crippen LogP contribution in [0.1, 0.15) is 12.5 Å². The van der Waals surface area contributed by atoms with Crippen molar-refractivity contribution in [2.45, 2.75) is 19.5 Å². The fraction of sp³-hybridized carbons (Fsp3) is 0.217. The van der Waals surface area contributed by atoms with Gasteiger partial charge in [0.2, 0.25) is 5.91 Å². The molecular formula is C23H23ClN2O3. The van der Waals surface area contributed by atoms with Gasteiger partial charge in [-0.3, -0.25) is 9.59 Å². The van der Waals surface area contributed by atoms with E-state index >= 15 is 0 Å². The van der Waals surface area contributed by atoms with Crippen LogP contribution in [0, 0.1) is 0 Å². The van der Waals surface area contributed by atoms with Crippen LogP contribution >= 0.6 is 11.6 Å². The summed E-state index contributed by atoms with van der Waals surface area (Å²) in [5.41, 5.74) is 0.840. The zero-order valence-electron chi connectivity index (χ0n) is 16.4. The second kappa shape index (κ2) is 9.43. The molecule has 0 aliphatic rings. The number of hydrogen-bond donors (Lipinski definition) is 1. The van der Waals surface area contributed by atoms with Crippen LogP contribution in [0.5, 0.6) is 5.75 Å². The zero-order chi connectivity index (χ0) is 20.8. The van der Waals surface area contributed by atoms with E-state index in [4.69, 9.17) is 16.3 Å². The quantitative estimate of drug-likeness (QED) is 0.639. The summed E-state index contributed by atoms with van der Waals surface area (Å²) < 4.78 is 5.84. The highest BCUT2D eigenvalue weighted by Gasteiger charge is 2.26. The first-order valence-corrected chi connectivity index (χ1v) is 9.73. The van der Waals surface area contributed by atoms with Gasteiger partial charge in [0.25, 0.3) is 5.91 Å². The summed E-state index contributed by atoms with van der Waals surface area (Å²) >= 11 is 6.07. The number of likely N-dealkylation sites (N-methyl/N-ethyl adjacent to an activating group) is 1. The van der Waals surface area contributed by atoms with E-state index in [9.17, 15) is 9.59 Å². The van der Waals surface area contributed by atoms with Gasteiger partial charge in [-0.05, 0) is 36.1 Å². The third-order valence-electron chi connectivity index (χ3n) is 4.76. The van der Waals surface area contributed by atoms with Crippen LogP contribution in [0.3, 0.4) is 0 Å². The fourth-order valence-electron chi connectivity index (χ4n) is 3.17. The molecule has 1 N–H and O–H groups in total. The van der Waals surface area contributed by atoms with Gasteiger partial charge in [-0.15, -0.1) is 0 Å². The van der Waals surface area contributed by atoms with Crippen LogP contribution in [0.25, 0.3) is 10.8 Å². The van der Waals surface area contributed by atoms with Gasteiger partial charge in [0.05, 0.1) is 0 Å². The molecule has 3 aromatic rings. The highest BCUT2D eigenvalue weighted by Crippen LogP contribution is 2.25. The van der Waals surface area contributed by atoms with E-state index in [0.29, 0.717) is 10.8 Å². The molecule has 0 fully saturated rings. The Morgan fingerprint density at radius 1 is 1.07 bits per heavy atom. The van der Waals surface area contributed by atoms with E-state index < -0.39 is 6.04 Å². The van der Waals surface area contributed by atoms with E-state index in [1.807, 2.05) is 54.6 Å². The van der Waals surface area contributed by atoms with Crippen LogP contribution in [-0.4, -0.2) is 36.4 Å². The van der Waals surface area contributed by atoms with Crippen molar-refractivity contribution in [2.75, 3.05) is 13.7 Å². The summed E-state index contributed by atoms with van der Waals surface area (Å²) in [7, 11) is 1.55. The lowest BCUT2D eigenvalue weighted by molar-refractivity contribution is -0.142. The number of rotatable bonds is 7. The smallest absolute Gasteiger partial charge is 0.261 e. The monoisotopic (exact) mass is 410 g/mol. The SMILES string of the molecule is CNC(=O)[C@@H](C)N(Cc1cccc(Cl)c1)C(=O)COc1cccc2ccccc12. The van der Waals surface area contributed by atoms with Crippen molar-refractivity contribution in [3.05, 3.63) is 77.3 Å². The van der Waals surface area contributed by atoms with E-state index in [1.165, 1.54) is 4.90 Å². The topological polar surface area (TPSA) is 58.6 Å². The zero-order valence-corrected chi connectivity index (χ0v) is 17.1. The summed E-state index contributed by atoms with van der Waals surface area (Å²) in [6.45, 7) is 1.78. The van der Waals surface area contributed by atoms with Crippen LogP contribution in [0.15, 0.2) is 66.7 Å². The summed E-state index contributed by atoms with van der Waals surface area (Å²) in [6, 6.07) is 20.1. The van der Waals surface area contributed by atoms with E-state index in [1.54, 1.807) is 26.1 Å². The van der Waals surface area contributed by atoms with Crippen molar-refractivity contribution in [3.8, 4) is 5.75 Å². The largest absolute Gasteiger partial charge is 0.483 e. The number of hydrogen-bond acceptors (Lipinski definition) is 3. The number of ether oxygens (including phenoxy) is 1. The third kappa shape index (κ3) is 5.06. The number of benzene rings is 3. The molecule has 0 aromatic heterocycles. The predicted octanol–water partition coefficient (Wildman–Crippen LogP) is 4.04. The lowest BCUT2D eigenvalue weighted by Gasteiger charge is -2.28. The molecule has 0 bridgehead atoms. The van der Waals surface area contributed by atoms with Gasteiger partial charge in [0, 0.05) is 24.0 Å². The molecule has 150 valence electrons. The van der Waals surface area contributed by atoms with Crippen LogP contribution in [-0.2, 0) is 16.1 Å². The van der Waals surface area contributed by atoms with Crippen molar-refractivity contribution < 1.29 is 14.3 Å². The number of fused-ring (bicyclic) bond motifs is 1. The molecule has 0 spiro atoms. The van der Waals surface area contributed by atoms with E-state index in [-0.39, 0.29) is 25.0 Å². The van der Waals surface area contributed by atoms with Crippen molar-refractivity contribution in [1.82, 2.24) is 10.2 Å². The average molecular weight is 411 g/mol. The maximum absolute atomic E-state index is 13.0. The minimum absolute atomic E-state index is 0.171. The van der Waals surface area contributed by atoms with Crippen molar-refractivity contribution >= 4 is 34.2 Å². The Labute approximate surface area is 175 Å². The first kappa shape index (κ1) is 20.7. The van der Waals surface area contributed by atoms with E-state index in [2.05, 4.69) is 5.32 Å². The van der Waals surface area contributed by atoms with Crippen molar-refractivity contribution in [2.24, 2.45) is 0 Å². The highest BCUT2D eigenvalue weighted by atomic mass is 35.5. The average Bonchev–Trinajstić information content (AvgIpc) is 2.74. The molecule has 5 nitrogen and oxygen atoms in total. The second-order valence-electron chi connectivity index (χ2n) is 6.71. The molecule has 1 atom stereocenters. The number of carbonyl (C=O) groups is 2. The maximum atomic E-state index is 13.0. The number of nitrogens with zero attached hydrogens (tertiary/aromatic N) is 1. The molecule has 29 heavy (non-hydrogen) atoms. The molecule has 3 aromatic carbocycles. The summed E-state index contributed by atoms with van der Waals surface area (Å²) in [5.74, 6) is 0.103. The highest BCUT2D eigenvalue weighted by molar-refractivity contribution is 6.30. The van der Waals surface area contributed by atoms with Gasteiger partial charge >= 0.3 is 0 Å². The Morgan fingerprint density at radius 2 is 1.79 bits per heavy atom. The molecular weight excluding hydrogens is 388 g/mol. The second-order valence-corrected chi connectivity index (χ2v) is 7.14. The third-order valence-corrected chi connectivity index (χ3v) is 4.99. The molecule has 0 aliphatic heterocycles. The Morgan fingerprint density at radius 3 is 2.55 bits per heavy atom. The lowest BCUT2D eigenvalue weighted by Crippen LogP contribution is -2.48. The van der Waals surface area contributed by atoms with Crippen LogP contribution < -0.4 is 10.1 Å². The summed E-state index contributed by atoms with van der Waals surface area (Å²) in [5, 5.41) is 5.14. The van der Waals surface area contributed by atoms with Gasteiger partial charge in [0.15, 0.2) is 6.61 Å². The first-order valence-electron chi connectivity index (χ1n) is 9.35. The Bertz CT molecular complexity index is 1020. The van der Waals surface area contributed by atoms with Gasteiger partial charge in [-0.2, -0.15) is 0 Å². The van der Waals surface area contributed by atoms with Crippen molar-refractivity contribution in [1.29, 1.82) is 0 Å². The minimum atomic E-state index is -0.650. The molecule has 0 radical (unpaired) electrons. The standard InChI is InChI=1S/C23H23ClN2O3/c1-16(23(28)25-2)26(14-17-7-5-10-19(24)13-17)22(27)15-29-21-12-6-9-18-8-3-4-11-20(18)21/h3-13,16H,14-15H2,1-2H3,(H,25,28)/t16-/m1/s1. The molecule has 0 saturated carbocycles. The Kier molecular flexibility index (Phi) is 6.73. The Hall–Kier alpha value is -3.05. The molecule has 0 saturated heterocycles. The summed E-state index contributed by atoms with van der Waals surface area (Å²) in [4.78, 5) is 26.7. The molecule has 2 amide bonds. The number of carbonyl (C=O) groups excluding carboxylic acids is 2. The van der Waals surface area contributed by atoms with E-state index in [0.717, 1.165) is 16.3 Å². The molecule has 6 heteroatoms. The molecule has 3 rings (SSSR count). The molecule has 0 unspecified atom stereocenters. The van der Waals surface area contributed by atoms with Crippen LogP contribution in [0.4, 0.5) is 0 Å². The Balaban J connectivity index is 1.79. The molecule has 0 aliphatic carbocycles. The lowest BCUT2D eigenvalue weighted by atomic mass is 10.1. The van der Waals surface area contributed by atoms with Crippen molar-refractivity contribution in [3.63, 3.8) is 0 Å². The first-order chi connectivity index (χ1) is 14.0. The fourth-order valence-corrected chi connectivity index (χ4v) is 3.38. The number of halogens is 1.